The van der Waals surface area contributed by atoms with Crippen LogP contribution in [-0.4, -0.2) is 67.6 Å². The Bertz CT molecular complexity index is 249. The fraction of sp³-hybridized carbons (Fsp3) is 0.923. The predicted molar refractivity (Wildman–Crippen MR) is 74.4 cm³/mol. The van der Waals surface area contributed by atoms with E-state index in [1.165, 1.54) is 0 Å². The number of hydrogen-bond acceptors (Lipinski definition) is 4. The first-order valence-corrected chi connectivity index (χ1v) is 6.95. The van der Waals surface area contributed by atoms with E-state index in [1.807, 2.05) is 13.8 Å². The number of rotatable bonds is 6. The SMILES string of the molecule is CC(CN)CN1CCN(CC(=O)NC(C)C)CC1. The van der Waals surface area contributed by atoms with Crippen molar-refractivity contribution in [3.63, 3.8) is 0 Å². The molecule has 106 valence electrons. The van der Waals surface area contributed by atoms with Gasteiger partial charge >= 0.3 is 0 Å². The molecule has 0 radical (unpaired) electrons. The summed E-state index contributed by atoms with van der Waals surface area (Å²) >= 11 is 0. The lowest BCUT2D eigenvalue weighted by Crippen LogP contribution is -2.51. The standard InChI is InChI=1S/C13H28N4O/c1-11(2)15-13(18)10-17-6-4-16(5-7-17)9-12(3)8-14/h11-12H,4-10,14H2,1-3H3,(H,15,18). The Kier molecular flexibility index (Phi) is 6.60. The molecule has 0 saturated carbocycles. The molecule has 1 unspecified atom stereocenters. The zero-order valence-corrected chi connectivity index (χ0v) is 12.0. The molecule has 3 N–H and O–H groups in total. The molecule has 1 heterocycles. The normalized spacial score (nSPS) is 20.1. The summed E-state index contributed by atoms with van der Waals surface area (Å²) in [6.45, 7) is 12.5. The number of piperazine rings is 1. The molecule has 5 nitrogen and oxygen atoms in total. The molecule has 18 heavy (non-hydrogen) atoms. The summed E-state index contributed by atoms with van der Waals surface area (Å²) in [6.07, 6.45) is 0. The van der Waals surface area contributed by atoms with Crippen LogP contribution in [0.2, 0.25) is 0 Å². The molecule has 1 rings (SSSR count). The van der Waals surface area contributed by atoms with Gasteiger partial charge in [-0.2, -0.15) is 0 Å². The van der Waals surface area contributed by atoms with E-state index in [0.29, 0.717) is 12.5 Å². The van der Waals surface area contributed by atoms with Gasteiger partial charge in [0.05, 0.1) is 6.54 Å². The van der Waals surface area contributed by atoms with Crippen LogP contribution in [0.4, 0.5) is 0 Å². The maximum Gasteiger partial charge on any atom is 0.234 e. The molecule has 0 aromatic rings. The van der Waals surface area contributed by atoms with E-state index in [2.05, 4.69) is 22.0 Å². The largest absolute Gasteiger partial charge is 0.353 e. The van der Waals surface area contributed by atoms with Crippen molar-refractivity contribution >= 4 is 5.91 Å². The quantitative estimate of drug-likeness (QED) is 0.686. The van der Waals surface area contributed by atoms with Gasteiger partial charge in [-0.05, 0) is 26.3 Å². The molecule has 0 spiro atoms. The lowest BCUT2D eigenvalue weighted by atomic mass is 10.1. The maximum absolute atomic E-state index is 11.6. The minimum Gasteiger partial charge on any atom is -0.353 e. The third-order valence-corrected chi connectivity index (χ3v) is 3.25. The molecule has 1 amide bonds. The van der Waals surface area contributed by atoms with E-state index in [0.717, 1.165) is 39.3 Å². The van der Waals surface area contributed by atoms with Crippen molar-refractivity contribution < 1.29 is 4.79 Å². The minimum absolute atomic E-state index is 0.133. The van der Waals surface area contributed by atoms with E-state index in [4.69, 9.17) is 5.73 Å². The van der Waals surface area contributed by atoms with Crippen LogP contribution in [-0.2, 0) is 4.79 Å². The molecule has 1 atom stereocenters. The minimum atomic E-state index is 0.133. The highest BCUT2D eigenvalue weighted by atomic mass is 16.2. The Morgan fingerprint density at radius 3 is 2.22 bits per heavy atom. The number of nitrogens with two attached hydrogens (primary N) is 1. The van der Waals surface area contributed by atoms with Crippen LogP contribution in [0.1, 0.15) is 20.8 Å². The molecule has 0 aliphatic carbocycles. The molecule has 5 heteroatoms. The van der Waals surface area contributed by atoms with Gasteiger partial charge in [-0.15, -0.1) is 0 Å². The first-order valence-electron chi connectivity index (χ1n) is 6.95. The summed E-state index contributed by atoms with van der Waals surface area (Å²) in [6, 6.07) is 0.226. The zero-order chi connectivity index (χ0) is 13.5. The highest BCUT2D eigenvalue weighted by Gasteiger charge is 2.19. The van der Waals surface area contributed by atoms with E-state index >= 15 is 0 Å². The number of carbonyl (C=O) groups is 1. The number of amides is 1. The van der Waals surface area contributed by atoms with Crippen LogP contribution in [0.25, 0.3) is 0 Å². The Morgan fingerprint density at radius 1 is 1.17 bits per heavy atom. The van der Waals surface area contributed by atoms with Crippen molar-refractivity contribution in [3.8, 4) is 0 Å². The molecule has 1 aliphatic rings. The zero-order valence-electron chi connectivity index (χ0n) is 12.0. The Hall–Kier alpha value is -0.650. The number of carbonyl (C=O) groups excluding carboxylic acids is 1. The summed E-state index contributed by atoms with van der Waals surface area (Å²) in [5.74, 6) is 0.689. The van der Waals surface area contributed by atoms with Crippen LogP contribution in [0, 0.1) is 5.92 Å². The van der Waals surface area contributed by atoms with Gasteiger partial charge in [0.25, 0.3) is 0 Å². The molecule has 1 fully saturated rings. The van der Waals surface area contributed by atoms with Gasteiger partial charge in [0, 0.05) is 38.8 Å². The van der Waals surface area contributed by atoms with E-state index in [-0.39, 0.29) is 11.9 Å². The lowest BCUT2D eigenvalue weighted by molar-refractivity contribution is -0.123. The summed E-state index contributed by atoms with van der Waals surface area (Å²) < 4.78 is 0. The van der Waals surface area contributed by atoms with Crippen LogP contribution in [0.5, 0.6) is 0 Å². The van der Waals surface area contributed by atoms with Crippen LogP contribution in [0.3, 0.4) is 0 Å². The predicted octanol–water partition coefficient (Wildman–Crippen LogP) is -0.277. The second-order valence-electron chi connectivity index (χ2n) is 5.64. The van der Waals surface area contributed by atoms with E-state index in [9.17, 15) is 4.79 Å². The van der Waals surface area contributed by atoms with Crippen molar-refractivity contribution in [3.05, 3.63) is 0 Å². The summed E-state index contributed by atoms with van der Waals surface area (Å²) in [4.78, 5) is 16.3. The summed E-state index contributed by atoms with van der Waals surface area (Å²) in [5, 5.41) is 2.93. The third kappa shape index (κ3) is 5.80. The van der Waals surface area contributed by atoms with Gasteiger partial charge in [-0.3, -0.25) is 9.69 Å². The monoisotopic (exact) mass is 256 g/mol. The highest BCUT2D eigenvalue weighted by Crippen LogP contribution is 2.04. The average Bonchev–Trinajstić information content (AvgIpc) is 2.30. The van der Waals surface area contributed by atoms with Gasteiger partial charge < -0.3 is 16.0 Å². The summed E-state index contributed by atoms with van der Waals surface area (Å²) in [7, 11) is 0. The highest BCUT2D eigenvalue weighted by molar-refractivity contribution is 5.78. The molecular formula is C13H28N4O. The molecule has 1 aliphatic heterocycles. The van der Waals surface area contributed by atoms with Crippen molar-refractivity contribution in [1.82, 2.24) is 15.1 Å². The van der Waals surface area contributed by atoms with Crippen molar-refractivity contribution in [1.29, 1.82) is 0 Å². The maximum atomic E-state index is 11.6. The lowest BCUT2D eigenvalue weighted by Gasteiger charge is -2.35. The number of nitrogens with one attached hydrogen (secondary N) is 1. The first kappa shape index (κ1) is 15.4. The van der Waals surface area contributed by atoms with Crippen LogP contribution in [0.15, 0.2) is 0 Å². The van der Waals surface area contributed by atoms with E-state index in [1.54, 1.807) is 0 Å². The van der Waals surface area contributed by atoms with Gasteiger partial charge in [0.1, 0.15) is 0 Å². The second-order valence-corrected chi connectivity index (χ2v) is 5.64. The van der Waals surface area contributed by atoms with Crippen LogP contribution < -0.4 is 11.1 Å². The molecule has 1 saturated heterocycles. The molecule has 0 aromatic heterocycles. The average molecular weight is 256 g/mol. The van der Waals surface area contributed by atoms with E-state index < -0.39 is 0 Å². The fourth-order valence-corrected chi connectivity index (χ4v) is 2.22. The smallest absolute Gasteiger partial charge is 0.234 e. The molecule has 0 bridgehead atoms. The van der Waals surface area contributed by atoms with Gasteiger partial charge in [-0.1, -0.05) is 6.92 Å². The summed E-state index contributed by atoms with van der Waals surface area (Å²) in [5.41, 5.74) is 5.64. The van der Waals surface area contributed by atoms with Crippen molar-refractivity contribution in [2.24, 2.45) is 11.7 Å². The van der Waals surface area contributed by atoms with Crippen LogP contribution >= 0.6 is 0 Å². The Labute approximate surface area is 111 Å². The first-order chi connectivity index (χ1) is 8.51. The van der Waals surface area contributed by atoms with Gasteiger partial charge in [0.15, 0.2) is 0 Å². The topological polar surface area (TPSA) is 61.6 Å². The second kappa shape index (κ2) is 7.71. The number of nitrogens with zero attached hydrogens (tertiary/aromatic N) is 2. The van der Waals surface area contributed by atoms with Crippen molar-refractivity contribution in [2.75, 3.05) is 45.8 Å². The Morgan fingerprint density at radius 2 is 1.72 bits per heavy atom. The fourth-order valence-electron chi connectivity index (χ4n) is 2.22. The number of hydrogen-bond donors (Lipinski definition) is 2. The molecule has 0 aromatic carbocycles. The molecular weight excluding hydrogens is 228 g/mol. The third-order valence-electron chi connectivity index (χ3n) is 3.25. The van der Waals surface area contributed by atoms with Crippen molar-refractivity contribution in [2.45, 2.75) is 26.8 Å². The Balaban J connectivity index is 2.21. The van der Waals surface area contributed by atoms with Gasteiger partial charge in [-0.25, -0.2) is 0 Å². The van der Waals surface area contributed by atoms with Gasteiger partial charge in [0.2, 0.25) is 5.91 Å².